The van der Waals surface area contributed by atoms with Gasteiger partial charge >= 0.3 is 0 Å². The van der Waals surface area contributed by atoms with E-state index < -0.39 is 0 Å². The van der Waals surface area contributed by atoms with Crippen molar-refractivity contribution in [1.82, 2.24) is 5.32 Å². The number of thioether (sulfide) groups is 1. The average molecular weight is 219 g/mol. The van der Waals surface area contributed by atoms with E-state index in [-0.39, 0.29) is 12.1 Å². The van der Waals surface area contributed by atoms with Gasteiger partial charge in [0.15, 0.2) is 0 Å². The maximum atomic E-state index is 9.43. The zero-order chi connectivity index (χ0) is 10.9. The van der Waals surface area contributed by atoms with Gasteiger partial charge in [-0.2, -0.15) is 11.8 Å². The van der Waals surface area contributed by atoms with Gasteiger partial charge in [-0.3, -0.25) is 0 Å². The molecule has 2 N–H and O–H groups in total. The van der Waals surface area contributed by atoms with Crippen LogP contribution in [0.5, 0.6) is 0 Å². The topological polar surface area (TPSA) is 32.3 Å². The van der Waals surface area contributed by atoms with E-state index in [1.54, 1.807) is 0 Å². The van der Waals surface area contributed by atoms with Crippen molar-refractivity contribution >= 4 is 11.8 Å². The predicted octanol–water partition coefficient (Wildman–Crippen LogP) is 2.27. The van der Waals surface area contributed by atoms with E-state index in [0.717, 1.165) is 25.8 Å². The van der Waals surface area contributed by atoms with Crippen LogP contribution in [-0.2, 0) is 0 Å². The monoisotopic (exact) mass is 219 g/mol. The second-order valence-corrected chi connectivity index (χ2v) is 4.80. The summed E-state index contributed by atoms with van der Waals surface area (Å²) in [5, 5.41) is 12.9. The fraction of sp³-hybridized carbons (Fsp3) is 1.00. The van der Waals surface area contributed by atoms with E-state index in [1.165, 1.54) is 12.2 Å². The van der Waals surface area contributed by atoms with E-state index in [1.807, 2.05) is 11.8 Å². The van der Waals surface area contributed by atoms with Crippen LogP contribution >= 0.6 is 11.8 Å². The minimum atomic E-state index is -0.0221. The molecule has 0 saturated heterocycles. The second-order valence-electron chi connectivity index (χ2n) is 3.82. The lowest BCUT2D eigenvalue weighted by molar-refractivity contribution is 0.146. The first-order valence-corrected chi connectivity index (χ1v) is 6.99. The third-order valence-corrected chi connectivity index (χ3v) is 3.43. The van der Waals surface area contributed by atoms with Gasteiger partial charge in [0.05, 0.1) is 6.61 Å². The van der Waals surface area contributed by atoms with Crippen molar-refractivity contribution in [2.75, 3.05) is 25.2 Å². The molecule has 0 saturated carbocycles. The molecule has 0 rings (SSSR count). The second kappa shape index (κ2) is 8.57. The summed E-state index contributed by atoms with van der Waals surface area (Å²) in [4.78, 5) is 0. The molecule has 0 spiro atoms. The van der Waals surface area contributed by atoms with Crippen molar-refractivity contribution in [3.63, 3.8) is 0 Å². The van der Waals surface area contributed by atoms with Crippen LogP contribution in [0.4, 0.5) is 0 Å². The van der Waals surface area contributed by atoms with E-state index in [4.69, 9.17) is 0 Å². The van der Waals surface area contributed by atoms with Gasteiger partial charge in [-0.05, 0) is 44.2 Å². The lowest BCUT2D eigenvalue weighted by atomic mass is 9.91. The van der Waals surface area contributed by atoms with Crippen LogP contribution in [-0.4, -0.2) is 35.8 Å². The lowest BCUT2D eigenvalue weighted by Crippen LogP contribution is -2.48. The average Bonchev–Trinajstić information content (AvgIpc) is 2.24. The van der Waals surface area contributed by atoms with Crippen molar-refractivity contribution in [1.29, 1.82) is 0 Å². The highest BCUT2D eigenvalue weighted by atomic mass is 32.2. The first-order chi connectivity index (χ1) is 6.74. The quantitative estimate of drug-likeness (QED) is 0.584. The molecule has 0 aromatic heterocycles. The van der Waals surface area contributed by atoms with Crippen LogP contribution < -0.4 is 5.32 Å². The Bertz CT molecular complexity index is 126. The first-order valence-electron chi connectivity index (χ1n) is 5.59. The van der Waals surface area contributed by atoms with Gasteiger partial charge in [0, 0.05) is 5.54 Å². The molecular weight excluding hydrogens is 194 g/mol. The molecule has 0 aromatic rings. The summed E-state index contributed by atoms with van der Waals surface area (Å²) in [6.45, 7) is 5.58. The minimum Gasteiger partial charge on any atom is -0.394 e. The Hall–Kier alpha value is 0.270. The van der Waals surface area contributed by atoms with Crippen molar-refractivity contribution in [2.45, 2.75) is 45.1 Å². The summed E-state index contributed by atoms with van der Waals surface area (Å²) in [5.74, 6) is 1.19. The Morgan fingerprint density at radius 3 is 2.50 bits per heavy atom. The third kappa shape index (κ3) is 5.23. The minimum absolute atomic E-state index is 0.0221. The smallest absolute Gasteiger partial charge is 0.0613 e. The Morgan fingerprint density at radius 2 is 2.07 bits per heavy atom. The standard InChI is InChI=1S/C11H25NOS/c1-4-8-12-11(5-2,10-13)7-6-9-14-3/h12-13H,4-10H2,1-3H3. The van der Waals surface area contributed by atoms with Gasteiger partial charge in [0.1, 0.15) is 0 Å². The summed E-state index contributed by atoms with van der Waals surface area (Å²) in [6, 6.07) is 0. The third-order valence-electron chi connectivity index (χ3n) is 2.73. The molecule has 1 atom stereocenters. The molecule has 3 heteroatoms. The van der Waals surface area contributed by atoms with Crippen molar-refractivity contribution in [3.05, 3.63) is 0 Å². The molecular formula is C11H25NOS. The first kappa shape index (κ1) is 14.3. The number of rotatable bonds is 9. The summed E-state index contributed by atoms with van der Waals surface area (Å²) in [7, 11) is 0. The van der Waals surface area contributed by atoms with Crippen LogP contribution in [0.2, 0.25) is 0 Å². The molecule has 0 aliphatic carbocycles. The van der Waals surface area contributed by atoms with E-state index in [2.05, 4.69) is 25.4 Å². The molecule has 0 aromatic carbocycles. The fourth-order valence-electron chi connectivity index (χ4n) is 1.58. The lowest BCUT2D eigenvalue weighted by Gasteiger charge is -2.32. The van der Waals surface area contributed by atoms with Crippen LogP contribution in [0.25, 0.3) is 0 Å². The van der Waals surface area contributed by atoms with Gasteiger partial charge in [-0.25, -0.2) is 0 Å². The van der Waals surface area contributed by atoms with Gasteiger partial charge in [0.25, 0.3) is 0 Å². The highest BCUT2D eigenvalue weighted by Crippen LogP contribution is 2.18. The Kier molecular flexibility index (Phi) is 8.73. The van der Waals surface area contributed by atoms with Crippen molar-refractivity contribution in [2.24, 2.45) is 0 Å². The molecule has 86 valence electrons. The predicted molar refractivity (Wildman–Crippen MR) is 66.0 cm³/mol. The van der Waals surface area contributed by atoms with Gasteiger partial charge < -0.3 is 10.4 Å². The summed E-state index contributed by atoms with van der Waals surface area (Å²) in [5.41, 5.74) is -0.0221. The van der Waals surface area contributed by atoms with Crippen LogP contribution in [0.1, 0.15) is 39.5 Å². The maximum Gasteiger partial charge on any atom is 0.0613 e. The summed E-state index contributed by atoms with van der Waals surface area (Å²) < 4.78 is 0. The zero-order valence-corrected chi connectivity index (χ0v) is 10.6. The van der Waals surface area contributed by atoms with Gasteiger partial charge in [-0.1, -0.05) is 13.8 Å². The molecule has 0 heterocycles. The maximum absolute atomic E-state index is 9.43. The molecule has 1 unspecified atom stereocenters. The highest BCUT2D eigenvalue weighted by Gasteiger charge is 2.25. The molecule has 0 aliphatic heterocycles. The fourth-order valence-corrected chi connectivity index (χ4v) is 2.01. The zero-order valence-electron chi connectivity index (χ0n) is 9.81. The Morgan fingerprint density at radius 1 is 1.36 bits per heavy atom. The van der Waals surface area contributed by atoms with Crippen molar-refractivity contribution < 1.29 is 5.11 Å². The SMILES string of the molecule is CCCNC(CC)(CO)CCCSC. The molecule has 14 heavy (non-hydrogen) atoms. The molecule has 0 bridgehead atoms. The Labute approximate surface area is 92.9 Å². The van der Waals surface area contributed by atoms with Crippen LogP contribution in [0.15, 0.2) is 0 Å². The summed E-state index contributed by atoms with van der Waals surface area (Å²) >= 11 is 1.88. The van der Waals surface area contributed by atoms with Gasteiger partial charge in [0.2, 0.25) is 0 Å². The van der Waals surface area contributed by atoms with E-state index in [9.17, 15) is 5.11 Å². The molecule has 2 nitrogen and oxygen atoms in total. The van der Waals surface area contributed by atoms with E-state index >= 15 is 0 Å². The van der Waals surface area contributed by atoms with Gasteiger partial charge in [-0.15, -0.1) is 0 Å². The van der Waals surface area contributed by atoms with Crippen LogP contribution in [0.3, 0.4) is 0 Å². The Balaban J connectivity index is 3.94. The van der Waals surface area contributed by atoms with E-state index in [0.29, 0.717) is 0 Å². The molecule has 0 aliphatic rings. The highest BCUT2D eigenvalue weighted by molar-refractivity contribution is 7.98. The number of aliphatic hydroxyl groups is 1. The summed E-state index contributed by atoms with van der Waals surface area (Å²) in [6.07, 6.45) is 6.54. The number of hydrogen-bond acceptors (Lipinski definition) is 3. The largest absolute Gasteiger partial charge is 0.394 e. The van der Waals surface area contributed by atoms with Crippen molar-refractivity contribution in [3.8, 4) is 0 Å². The number of aliphatic hydroxyl groups excluding tert-OH is 1. The van der Waals surface area contributed by atoms with Crippen LogP contribution in [0, 0.1) is 0 Å². The normalized spacial score (nSPS) is 15.4. The number of hydrogen-bond donors (Lipinski definition) is 2. The number of nitrogens with one attached hydrogen (secondary N) is 1. The molecule has 0 amide bonds. The molecule has 0 fully saturated rings. The molecule has 0 radical (unpaired) electrons.